The Morgan fingerprint density at radius 2 is 0.833 bits per heavy atom. The largest absolute Gasteiger partial charge is 0.228 e. The Balaban J connectivity index is 1.29. The lowest BCUT2D eigenvalue weighted by atomic mass is 9.91. The minimum Gasteiger partial charge on any atom is -0.228 e. The number of hydrogen-bond acceptors (Lipinski definition) is 3. The van der Waals surface area contributed by atoms with Crippen LogP contribution in [0.3, 0.4) is 0 Å². The zero-order valence-electron chi connectivity index (χ0n) is 22.8. The van der Waals surface area contributed by atoms with Gasteiger partial charge in [-0.2, -0.15) is 5.26 Å². The fourth-order valence-electron chi connectivity index (χ4n) is 5.42. The molecule has 0 N–H and O–H groups in total. The molecule has 3 nitrogen and oxygen atoms in total. The van der Waals surface area contributed by atoms with Gasteiger partial charge < -0.3 is 0 Å². The normalized spacial score (nSPS) is 10.8. The van der Waals surface area contributed by atoms with Crippen molar-refractivity contribution in [2.75, 3.05) is 0 Å². The zero-order valence-corrected chi connectivity index (χ0v) is 22.8. The number of nitrogens with zero attached hydrogens (tertiary/aromatic N) is 3. The predicted molar refractivity (Wildman–Crippen MR) is 171 cm³/mol. The standard InChI is InChI=1S/C39H25N3/c40-26-27-15-17-28(18-16-27)33-23-24-34(36-14-8-7-13-35(33)36)29-19-21-32(22-20-29)39-41-37(30-9-3-1-4-10-30)25-38(42-39)31-11-5-2-6-12-31/h1-25H. The minimum absolute atomic E-state index is 0.661. The SMILES string of the molecule is N#Cc1ccc(-c2ccc(-c3ccc(-c4nc(-c5ccccc5)cc(-c5ccccc5)n4)cc3)c3ccccc23)cc1. The molecule has 3 heteroatoms. The molecule has 7 aromatic rings. The number of aromatic nitrogens is 2. The second-order valence-corrected chi connectivity index (χ2v) is 10.2. The Kier molecular flexibility index (Phi) is 6.56. The molecule has 0 saturated heterocycles. The molecular formula is C39H25N3. The Hall–Kier alpha value is -5.85. The van der Waals surface area contributed by atoms with Gasteiger partial charge in [-0.15, -0.1) is 0 Å². The van der Waals surface area contributed by atoms with Gasteiger partial charge in [-0.25, -0.2) is 9.97 Å². The van der Waals surface area contributed by atoms with Crippen LogP contribution in [-0.4, -0.2) is 9.97 Å². The maximum atomic E-state index is 9.20. The number of benzene rings is 6. The summed E-state index contributed by atoms with van der Waals surface area (Å²) in [5, 5.41) is 11.6. The summed E-state index contributed by atoms with van der Waals surface area (Å²) in [6.45, 7) is 0. The molecule has 0 atom stereocenters. The van der Waals surface area contributed by atoms with Crippen LogP contribution >= 0.6 is 0 Å². The molecule has 0 fully saturated rings. The van der Waals surface area contributed by atoms with E-state index >= 15 is 0 Å². The van der Waals surface area contributed by atoms with Gasteiger partial charge in [0.15, 0.2) is 5.82 Å². The van der Waals surface area contributed by atoms with Gasteiger partial charge in [0.1, 0.15) is 0 Å². The lowest BCUT2D eigenvalue weighted by Gasteiger charge is -2.13. The number of nitriles is 1. The van der Waals surface area contributed by atoms with E-state index in [1.54, 1.807) is 0 Å². The first-order chi connectivity index (χ1) is 20.8. The van der Waals surface area contributed by atoms with E-state index in [1.807, 2.05) is 60.7 Å². The summed E-state index contributed by atoms with van der Waals surface area (Å²) in [5.41, 5.74) is 10.1. The Bertz CT molecular complexity index is 2000. The fourth-order valence-corrected chi connectivity index (χ4v) is 5.42. The molecule has 0 bridgehead atoms. The monoisotopic (exact) mass is 535 g/mol. The summed E-state index contributed by atoms with van der Waals surface area (Å²) in [6, 6.07) is 53.9. The van der Waals surface area contributed by atoms with Crippen molar-refractivity contribution in [3.8, 4) is 62.2 Å². The third kappa shape index (κ3) is 4.83. The smallest absolute Gasteiger partial charge is 0.160 e. The highest BCUT2D eigenvalue weighted by Crippen LogP contribution is 2.36. The Labute approximate surface area is 245 Å². The molecule has 0 saturated carbocycles. The van der Waals surface area contributed by atoms with Gasteiger partial charge in [-0.05, 0) is 51.2 Å². The second kappa shape index (κ2) is 11.0. The Morgan fingerprint density at radius 3 is 1.31 bits per heavy atom. The average molecular weight is 536 g/mol. The number of rotatable bonds is 5. The Morgan fingerprint density at radius 1 is 0.405 bits per heavy atom. The summed E-state index contributed by atoms with van der Waals surface area (Å²) in [4.78, 5) is 9.96. The molecule has 1 aromatic heterocycles. The summed E-state index contributed by atoms with van der Waals surface area (Å²) < 4.78 is 0. The van der Waals surface area contributed by atoms with Crippen LogP contribution in [0.4, 0.5) is 0 Å². The van der Waals surface area contributed by atoms with Crippen LogP contribution in [0.5, 0.6) is 0 Å². The summed E-state index contributed by atoms with van der Waals surface area (Å²) in [7, 11) is 0. The van der Waals surface area contributed by atoms with Crippen LogP contribution < -0.4 is 0 Å². The maximum absolute atomic E-state index is 9.20. The van der Waals surface area contributed by atoms with Crippen LogP contribution in [0.1, 0.15) is 5.56 Å². The molecule has 6 aromatic carbocycles. The van der Waals surface area contributed by atoms with Crippen LogP contribution in [0.2, 0.25) is 0 Å². The number of hydrogen-bond donors (Lipinski definition) is 0. The molecule has 0 unspecified atom stereocenters. The van der Waals surface area contributed by atoms with Crippen molar-refractivity contribution in [1.82, 2.24) is 9.97 Å². The fraction of sp³-hybridized carbons (Fsp3) is 0. The molecule has 7 rings (SSSR count). The van der Waals surface area contributed by atoms with Gasteiger partial charge >= 0.3 is 0 Å². The first-order valence-corrected chi connectivity index (χ1v) is 13.9. The number of fused-ring (bicyclic) bond motifs is 1. The highest BCUT2D eigenvalue weighted by atomic mass is 14.9. The molecule has 0 amide bonds. The zero-order chi connectivity index (χ0) is 28.3. The van der Waals surface area contributed by atoms with E-state index in [0.717, 1.165) is 44.8 Å². The van der Waals surface area contributed by atoms with Crippen molar-refractivity contribution >= 4 is 10.8 Å². The van der Waals surface area contributed by atoms with E-state index in [0.29, 0.717) is 11.4 Å². The van der Waals surface area contributed by atoms with Crippen LogP contribution in [0.25, 0.3) is 66.9 Å². The van der Waals surface area contributed by atoms with Crippen molar-refractivity contribution in [3.63, 3.8) is 0 Å². The van der Waals surface area contributed by atoms with E-state index in [2.05, 4.69) is 97.1 Å². The molecular weight excluding hydrogens is 510 g/mol. The van der Waals surface area contributed by atoms with E-state index in [9.17, 15) is 5.26 Å². The second-order valence-electron chi connectivity index (χ2n) is 10.2. The lowest BCUT2D eigenvalue weighted by Crippen LogP contribution is -1.96. The van der Waals surface area contributed by atoms with Crippen molar-refractivity contribution < 1.29 is 0 Å². The van der Waals surface area contributed by atoms with E-state index in [-0.39, 0.29) is 0 Å². The van der Waals surface area contributed by atoms with Gasteiger partial charge in [-0.1, -0.05) is 133 Å². The average Bonchev–Trinajstić information content (AvgIpc) is 3.08. The quantitative estimate of drug-likeness (QED) is 0.220. The van der Waals surface area contributed by atoms with Gasteiger partial charge in [0, 0.05) is 16.7 Å². The van der Waals surface area contributed by atoms with Crippen molar-refractivity contribution in [2.45, 2.75) is 0 Å². The molecule has 42 heavy (non-hydrogen) atoms. The molecule has 0 aliphatic heterocycles. The molecule has 196 valence electrons. The summed E-state index contributed by atoms with van der Waals surface area (Å²) >= 11 is 0. The maximum Gasteiger partial charge on any atom is 0.160 e. The third-order valence-electron chi connectivity index (χ3n) is 7.57. The summed E-state index contributed by atoms with van der Waals surface area (Å²) in [6.07, 6.45) is 0. The van der Waals surface area contributed by atoms with Crippen molar-refractivity contribution in [1.29, 1.82) is 5.26 Å². The van der Waals surface area contributed by atoms with Gasteiger partial charge in [0.2, 0.25) is 0 Å². The topological polar surface area (TPSA) is 49.6 Å². The molecule has 1 heterocycles. The lowest BCUT2D eigenvalue weighted by molar-refractivity contribution is 1.18. The van der Waals surface area contributed by atoms with E-state index < -0.39 is 0 Å². The molecule has 0 aliphatic rings. The van der Waals surface area contributed by atoms with Gasteiger partial charge in [0.25, 0.3) is 0 Å². The molecule has 0 radical (unpaired) electrons. The summed E-state index contributed by atoms with van der Waals surface area (Å²) in [5.74, 6) is 0.697. The predicted octanol–water partition coefficient (Wildman–Crippen LogP) is 9.84. The van der Waals surface area contributed by atoms with Crippen molar-refractivity contribution in [2.24, 2.45) is 0 Å². The van der Waals surface area contributed by atoms with Crippen LogP contribution in [0.15, 0.2) is 152 Å². The highest BCUT2D eigenvalue weighted by molar-refractivity contribution is 6.05. The van der Waals surface area contributed by atoms with E-state index in [4.69, 9.17) is 9.97 Å². The van der Waals surface area contributed by atoms with Crippen LogP contribution in [-0.2, 0) is 0 Å². The highest BCUT2D eigenvalue weighted by Gasteiger charge is 2.13. The molecule has 0 spiro atoms. The van der Waals surface area contributed by atoms with Crippen molar-refractivity contribution in [3.05, 3.63) is 157 Å². The first kappa shape index (κ1) is 25.1. The van der Waals surface area contributed by atoms with Crippen LogP contribution in [0, 0.1) is 11.3 Å². The third-order valence-corrected chi connectivity index (χ3v) is 7.57. The first-order valence-electron chi connectivity index (χ1n) is 13.9. The minimum atomic E-state index is 0.661. The van der Waals surface area contributed by atoms with Gasteiger partial charge in [-0.3, -0.25) is 0 Å². The van der Waals surface area contributed by atoms with E-state index in [1.165, 1.54) is 16.3 Å². The van der Waals surface area contributed by atoms with Gasteiger partial charge in [0.05, 0.1) is 23.0 Å². The molecule has 0 aliphatic carbocycles.